The standard InChI is InChI=1S/C10H11N3O2/c11-9(14)7-3-1-6(2-4-7)8-5-15-10(12)13-8/h1-4,8H,5H2,(H2,11,14)(H2,12,13). The van der Waals surface area contributed by atoms with Crippen molar-refractivity contribution in [3.05, 3.63) is 35.4 Å². The predicted octanol–water partition coefficient (Wildman–Crippen LogP) is 0.171. The van der Waals surface area contributed by atoms with Crippen LogP contribution in [0.15, 0.2) is 29.3 Å². The van der Waals surface area contributed by atoms with Gasteiger partial charge in [-0.3, -0.25) is 4.79 Å². The smallest absolute Gasteiger partial charge is 0.282 e. The molecule has 2 rings (SSSR count). The van der Waals surface area contributed by atoms with Crippen LogP contribution in [0.1, 0.15) is 22.0 Å². The third-order valence-electron chi connectivity index (χ3n) is 2.25. The molecule has 5 heteroatoms. The second-order valence-electron chi connectivity index (χ2n) is 3.28. The van der Waals surface area contributed by atoms with Crippen LogP contribution in [0.4, 0.5) is 0 Å². The molecule has 0 fully saturated rings. The summed E-state index contributed by atoms with van der Waals surface area (Å²) in [6, 6.07) is 7.07. The fraction of sp³-hybridized carbons (Fsp3) is 0.200. The van der Waals surface area contributed by atoms with Crippen LogP contribution in [0.25, 0.3) is 0 Å². The van der Waals surface area contributed by atoms with Gasteiger partial charge in [0.05, 0.1) is 0 Å². The third-order valence-corrected chi connectivity index (χ3v) is 2.25. The van der Waals surface area contributed by atoms with E-state index in [1.807, 2.05) is 0 Å². The van der Waals surface area contributed by atoms with Crippen LogP contribution >= 0.6 is 0 Å². The summed E-state index contributed by atoms with van der Waals surface area (Å²) in [5, 5.41) is 0. The molecule has 1 aliphatic heterocycles. The zero-order valence-corrected chi connectivity index (χ0v) is 8.01. The molecule has 0 spiro atoms. The van der Waals surface area contributed by atoms with E-state index in [4.69, 9.17) is 16.2 Å². The van der Waals surface area contributed by atoms with Crippen molar-refractivity contribution in [1.82, 2.24) is 0 Å². The van der Waals surface area contributed by atoms with Gasteiger partial charge in [0.1, 0.15) is 12.6 Å². The van der Waals surface area contributed by atoms with Crippen LogP contribution in [0.5, 0.6) is 0 Å². The molecule has 0 aliphatic carbocycles. The summed E-state index contributed by atoms with van der Waals surface area (Å²) in [4.78, 5) is 14.9. The van der Waals surface area contributed by atoms with Crippen LogP contribution in [0.3, 0.4) is 0 Å². The van der Waals surface area contributed by atoms with Crippen molar-refractivity contribution in [2.24, 2.45) is 16.5 Å². The molecule has 0 radical (unpaired) electrons. The molecule has 0 saturated carbocycles. The number of nitrogens with zero attached hydrogens (tertiary/aromatic N) is 1. The van der Waals surface area contributed by atoms with E-state index < -0.39 is 5.91 Å². The Hall–Kier alpha value is -2.04. The van der Waals surface area contributed by atoms with E-state index in [0.29, 0.717) is 12.2 Å². The average molecular weight is 205 g/mol. The molecule has 1 heterocycles. The van der Waals surface area contributed by atoms with Gasteiger partial charge in [-0.05, 0) is 17.7 Å². The van der Waals surface area contributed by atoms with Gasteiger partial charge in [0.15, 0.2) is 0 Å². The number of primary amides is 1. The molecule has 0 bridgehead atoms. The van der Waals surface area contributed by atoms with Crippen molar-refractivity contribution in [3.8, 4) is 0 Å². The van der Waals surface area contributed by atoms with Gasteiger partial charge in [-0.1, -0.05) is 12.1 Å². The summed E-state index contributed by atoms with van der Waals surface area (Å²) in [5.41, 5.74) is 12.0. The number of amides is 1. The number of ether oxygens (including phenoxy) is 1. The highest BCUT2D eigenvalue weighted by molar-refractivity contribution is 5.92. The van der Waals surface area contributed by atoms with Crippen molar-refractivity contribution in [2.75, 3.05) is 6.61 Å². The second-order valence-corrected chi connectivity index (χ2v) is 3.28. The Labute approximate surface area is 86.7 Å². The molecule has 4 N–H and O–H groups in total. The van der Waals surface area contributed by atoms with Gasteiger partial charge >= 0.3 is 0 Å². The van der Waals surface area contributed by atoms with Crippen LogP contribution in [0, 0.1) is 0 Å². The Morgan fingerprint density at radius 2 is 2.07 bits per heavy atom. The maximum absolute atomic E-state index is 10.8. The average Bonchev–Trinajstić information content (AvgIpc) is 2.65. The minimum Gasteiger partial charge on any atom is -0.463 e. The number of amidine groups is 1. The molecule has 1 atom stereocenters. The summed E-state index contributed by atoms with van der Waals surface area (Å²) in [5.74, 6) is -0.438. The summed E-state index contributed by atoms with van der Waals surface area (Å²) in [6.45, 7) is 0.446. The van der Waals surface area contributed by atoms with Crippen LogP contribution in [-0.4, -0.2) is 18.5 Å². The minimum atomic E-state index is -0.438. The summed E-state index contributed by atoms with van der Waals surface area (Å²) in [6.07, 6.45) is 0. The van der Waals surface area contributed by atoms with Gasteiger partial charge in [0.2, 0.25) is 5.91 Å². The van der Waals surface area contributed by atoms with E-state index in [0.717, 1.165) is 5.56 Å². The van der Waals surface area contributed by atoms with E-state index in [1.165, 1.54) is 0 Å². The van der Waals surface area contributed by atoms with Gasteiger partial charge in [-0.15, -0.1) is 0 Å². The second kappa shape index (κ2) is 3.61. The molecule has 1 unspecified atom stereocenters. The lowest BCUT2D eigenvalue weighted by Crippen LogP contribution is -2.11. The van der Waals surface area contributed by atoms with E-state index >= 15 is 0 Å². The van der Waals surface area contributed by atoms with Crippen LogP contribution < -0.4 is 11.5 Å². The highest BCUT2D eigenvalue weighted by Gasteiger charge is 2.18. The summed E-state index contributed by atoms with van der Waals surface area (Å²) in [7, 11) is 0. The molecular formula is C10H11N3O2. The highest BCUT2D eigenvalue weighted by atomic mass is 16.5. The molecule has 1 amide bonds. The van der Waals surface area contributed by atoms with E-state index in [9.17, 15) is 4.79 Å². The summed E-state index contributed by atoms with van der Waals surface area (Å²) < 4.78 is 5.03. The number of carbonyl (C=O) groups is 1. The first-order valence-electron chi connectivity index (χ1n) is 4.52. The third kappa shape index (κ3) is 1.90. The van der Waals surface area contributed by atoms with E-state index in [-0.39, 0.29) is 12.1 Å². The van der Waals surface area contributed by atoms with Gasteiger partial charge in [-0.25, -0.2) is 4.99 Å². The van der Waals surface area contributed by atoms with Crippen LogP contribution in [0.2, 0.25) is 0 Å². The lowest BCUT2D eigenvalue weighted by atomic mass is 10.1. The molecule has 1 aliphatic rings. The molecular weight excluding hydrogens is 194 g/mol. The number of nitrogens with two attached hydrogens (primary N) is 2. The van der Waals surface area contributed by atoms with Crippen molar-refractivity contribution >= 4 is 11.9 Å². The molecule has 0 saturated heterocycles. The SMILES string of the molecule is NC(=O)c1ccc(C2COC(N)=N2)cc1. The molecule has 78 valence electrons. The first-order valence-corrected chi connectivity index (χ1v) is 4.52. The largest absolute Gasteiger partial charge is 0.463 e. The first kappa shape index (κ1) is 9.51. The Kier molecular flexibility index (Phi) is 2.29. The van der Waals surface area contributed by atoms with Gasteiger partial charge < -0.3 is 16.2 Å². The van der Waals surface area contributed by atoms with E-state index in [2.05, 4.69) is 4.99 Å². The lowest BCUT2D eigenvalue weighted by molar-refractivity contribution is 0.100. The molecule has 5 nitrogen and oxygen atoms in total. The lowest BCUT2D eigenvalue weighted by Gasteiger charge is -2.05. The fourth-order valence-corrected chi connectivity index (χ4v) is 1.43. The summed E-state index contributed by atoms with van der Waals surface area (Å²) >= 11 is 0. The number of hydrogen-bond acceptors (Lipinski definition) is 4. The number of rotatable bonds is 2. The monoisotopic (exact) mass is 205 g/mol. The Morgan fingerprint density at radius 1 is 1.40 bits per heavy atom. The first-order chi connectivity index (χ1) is 7.16. The van der Waals surface area contributed by atoms with Crippen LogP contribution in [-0.2, 0) is 4.74 Å². The quantitative estimate of drug-likeness (QED) is 0.721. The number of carbonyl (C=O) groups excluding carboxylic acids is 1. The maximum atomic E-state index is 10.8. The van der Waals surface area contributed by atoms with Gasteiger partial charge in [0.25, 0.3) is 6.02 Å². The normalized spacial score (nSPS) is 19.5. The van der Waals surface area contributed by atoms with Crippen molar-refractivity contribution < 1.29 is 9.53 Å². The molecule has 1 aromatic rings. The fourth-order valence-electron chi connectivity index (χ4n) is 1.43. The molecule has 15 heavy (non-hydrogen) atoms. The van der Waals surface area contributed by atoms with Crippen molar-refractivity contribution in [3.63, 3.8) is 0 Å². The molecule has 0 aromatic heterocycles. The number of hydrogen-bond donors (Lipinski definition) is 2. The topological polar surface area (TPSA) is 90.7 Å². The Balaban J connectivity index is 2.21. The van der Waals surface area contributed by atoms with Crippen molar-refractivity contribution in [1.29, 1.82) is 0 Å². The maximum Gasteiger partial charge on any atom is 0.282 e. The van der Waals surface area contributed by atoms with E-state index in [1.54, 1.807) is 24.3 Å². The Morgan fingerprint density at radius 3 is 2.53 bits per heavy atom. The van der Waals surface area contributed by atoms with Gasteiger partial charge in [0, 0.05) is 5.56 Å². The number of aliphatic imine (C=N–C) groups is 1. The minimum absolute atomic E-state index is 0.0769. The predicted molar refractivity (Wildman–Crippen MR) is 55.3 cm³/mol. The van der Waals surface area contributed by atoms with Crippen molar-refractivity contribution in [2.45, 2.75) is 6.04 Å². The highest BCUT2D eigenvalue weighted by Crippen LogP contribution is 2.21. The zero-order valence-electron chi connectivity index (χ0n) is 8.01. The zero-order chi connectivity index (χ0) is 10.8. The molecule has 1 aromatic carbocycles. The number of benzene rings is 1. The Bertz CT molecular complexity index is 411. The van der Waals surface area contributed by atoms with Gasteiger partial charge in [-0.2, -0.15) is 0 Å².